The van der Waals surface area contributed by atoms with Crippen molar-refractivity contribution in [1.29, 1.82) is 0 Å². The van der Waals surface area contributed by atoms with Gasteiger partial charge in [0.2, 0.25) is 0 Å². The Labute approximate surface area is 426 Å². The van der Waals surface area contributed by atoms with Crippen molar-refractivity contribution < 1.29 is 44.2 Å². The van der Waals surface area contributed by atoms with E-state index >= 15 is 0 Å². The summed E-state index contributed by atoms with van der Waals surface area (Å²) in [5, 5.41) is 40.3. The minimum absolute atomic E-state index is 0.110. The average Bonchev–Trinajstić information content (AvgIpc) is 3.36. The molecule has 396 valence electrons. The molecule has 6 unspecified atom stereocenters. The minimum atomic E-state index is -1.56. The van der Waals surface area contributed by atoms with Crippen LogP contribution in [0, 0.1) is 0 Å². The highest BCUT2D eigenvalue weighted by molar-refractivity contribution is 5.69. The van der Waals surface area contributed by atoms with Crippen molar-refractivity contribution in [3.63, 3.8) is 0 Å². The molecule has 6 atom stereocenters. The maximum atomic E-state index is 12.8. The second-order valence-corrected chi connectivity index (χ2v) is 17.9. The van der Waals surface area contributed by atoms with Crippen LogP contribution in [0.3, 0.4) is 0 Å². The molecule has 0 amide bonds. The van der Waals surface area contributed by atoms with Crippen LogP contribution in [0.15, 0.2) is 134 Å². The fraction of sp³-hybridized carbons (Fsp3) is 0.623. The van der Waals surface area contributed by atoms with Crippen LogP contribution in [-0.4, -0.2) is 89.6 Å². The molecule has 0 spiro atoms. The van der Waals surface area contributed by atoms with Crippen LogP contribution in [0.25, 0.3) is 0 Å². The Balaban J connectivity index is 2.25. The molecule has 0 aromatic carbocycles. The van der Waals surface area contributed by atoms with Crippen LogP contribution in [0.2, 0.25) is 0 Å². The maximum absolute atomic E-state index is 12.8. The molecule has 1 fully saturated rings. The molecule has 0 radical (unpaired) electrons. The lowest BCUT2D eigenvalue weighted by Crippen LogP contribution is -2.59. The number of carbonyl (C=O) groups is 1. The highest BCUT2D eigenvalue weighted by Crippen LogP contribution is 2.22. The number of hydrogen-bond acceptors (Lipinski definition) is 9. The van der Waals surface area contributed by atoms with Crippen molar-refractivity contribution in [2.45, 2.75) is 218 Å². The Morgan fingerprint density at radius 1 is 0.457 bits per heavy atom. The molecule has 9 heteroatoms. The molecule has 4 N–H and O–H groups in total. The number of rotatable bonds is 45. The lowest BCUT2D eigenvalue weighted by Gasteiger charge is -2.39. The molecule has 1 rings (SSSR count). The van der Waals surface area contributed by atoms with Gasteiger partial charge in [0.1, 0.15) is 30.5 Å². The predicted octanol–water partition coefficient (Wildman–Crippen LogP) is 14.0. The number of hydrogen-bond donors (Lipinski definition) is 4. The first-order valence-corrected chi connectivity index (χ1v) is 27.3. The first-order valence-electron chi connectivity index (χ1n) is 27.3. The molecule has 0 aliphatic carbocycles. The molecule has 0 bridgehead atoms. The zero-order valence-corrected chi connectivity index (χ0v) is 43.7. The van der Waals surface area contributed by atoms with Crippen LogP contribution in [0.5, 0.6) is 0 Å². The van der Waals surface area contributed by atoms with Crippen molar-refractivity contribution >= 4 is 5.97 Å². The van der Waals surface area contributed by atoms with Gasteiger partial charge in [0.25, 0.3) is 0 Å². The average molecular weight is 975 g/mol. The van der Waals surface area contributed by atoms with Gasteiger partial charge in [-0.1, -0.05) is 205 Å². The van der Waals surface area contributed by atoms with Crippen LogP contribution < -0.4 is 0 Å². The number of carbonyl (C=O) groups excluding carboxylic acids is 1. The summed E-state index contributed by atoms with van der Waals surface area (Å²) in [5.74, 6) is -0.377. The van der Waals surface area contributed by atoms with Gasteiger partial charge in [0.15, 0.2) is 6.29 Å². The monoisotopic (exact) mass is 975 g/mol. The normalized spacial score (nSPS) is 20.0. The minimum Gasteiger partial charge on any atom is -0.457 e. The largest absolute Gasteiger partial charge is 0.457 e. The van der Waals surface area contributed by atoms with Crippen molar-refractivity contribution in [2.75, 3.05) is 26.4 Å². The van der Waals surface area contributed by atoms with Gasteiger partial charge in [-0.15, -0.1) is 0 Å². The molecule has 0 aromatic rings. The Morgan fingerprint density at radius 3 is 1.24 bits per heavy atom. The smallest absolute Gasteiger partial charge is 0.306 e. The van der Waals surface area contributed by atoms with Crippen molar-refractivity contribution in [3.05, 3.63) is 134 Å². The second-order valence-electron chi connectivity index (χ2n) is 17.9. The first-order chi connectivity index (χ1) is 34.4. The fourth-order valence-corrected chi connectivity index (χ4v) is 7.41. The first kappa shape index (κ1) is 64.3. The van der Waals surface area contributed by atoms with Gasteiger partial charge in [-0.3, -0.25) is 4.79 Å². The summed E-state index contributed by atoms with van der Waals surface area (Å²) in [4.78, 5) is 12.8. The molecule has 0 aromatic heterocycles. The van der Waals surface area contributed by atoms with E-state index in [0.717, 1.165) is 96.3 Å². The summed E-state index contributed by atoms with van der Waals surface area (Å²) in [6.07, 6.45) is 67.8. The SMILES string of the molecule is CC/C=C\C/C=C\C/C=C\C/C=C\C/C=C\C/C=C\C/C=C\CCCC(=O)OC(COCCCCCCCCCCCCC/C=C\C/C=C\C/C=C\C/C=C\CC)COC1OC(CO)C(O)C(O)C1O. The van der Waals surface area contributed by atoms with Crippen molar-refractivity contribution in [3.8, 4) is 0 Å². The van der Waals surface area contributed by atoms with E-state index in [1.807, 2.05) is 0 Å². The van der Waals surface area contributed by atoms with E-state index in [9.17, 15) is 25.2 Å². The Bertz CT molecular complexity index is 1530. The van der Waals surface area contributed by atoms with Crippen LogP contribution in [0.1, 0.15) is 181 Å². The fourth-order valence-electron chi connectivity index (χ4n) is 7.41. The Morgan fingerprint density at radius 2 is 0.829 bits per heavy atom. The molecular weight excluding hydrogens is 877 g/mol. The van der Waals surface area contributed by atoms with Gasteiger partial charge >= 0.3 is 5.97 Å². The lowest BCUT2D eigenvalue weighted by atomic mass is 9.99. The number of esters is 1. The molecule has 1 heterocycles. The van der Waals surface area contributed by atoms with Gasteiger partial charge in [0, 0.05) is 13.0 Å². The van der Waals surface area contributed by atoms with Crippen LogP contribution in [0.4, 0.5) is 0 Å². The zero-order chi connectivity index (χ0) is 50.6. The summed E-state index contributed by atoms with van der Waals surface area (Å²) in [6, 6.07) is 0. The van der Waals surface area contributed by atoms with E-state index in [4.69, 9.17) is 18.9 Å². The van der Waals surface area contributed by atoms with Gasteiger partial charge in [-0.05, 0) is 103 Å². The molecule has 1 aliphatic rings. The van der Waals surface area contributed by atoms with E-state index in [-0.39, 0.29) is 25.6 Å². The standard InChI is InChI=1S/C61H98O9/c1-3-5-7-9-11-13-15-17-19-21-23-25-27-29-31-33-35-37-39-41-43-45-47-49-51-67-53-55(54-68-61-60(66)59(65)58(64)56(52-62)70-61)69-57(63)50-48-46-44-42-40-38-36-34-32-30-28-26-24-22-20-18-16-14-12-10-8-6-4-2/h5-8,11-14,17-20,23-26,30,32,36,38,42,44,55-56,58-62,64-66H,3-4,9-10,15-16,21-22,27-29,31,33-35,37,39-41,43,45-54H2,1-2H3/b7-5-,8-6-,13-11-,14-12-,19-17-,20-18-,25-23-,26-24-,32-30-,38-36-,44-42-. The summed E-state index contributed by atoms with van der Waals surface area (Å²) in [6.45, 7) is 4.24. The topological polar surface area (TPSA) is 135 Å². The van der Waals surface area contributed by atoms with Gasteiger partial charge < -0.3 is 39.4 Å². The number of aliphatic hydroxyl groups is 4. The van der Waals surface area contributed by atoms with Crippen LogP contribution in [-0.2, 0) is 23.7 Å². The zero-order valence-electron chi connectivity index (χ0n) is 43.7. The lowest BCUT2D eigenvalue weighted by molar-refractivity contribution is -0.305. The van der Waals surface area contributed by atoms with Gasteiger partial charge in [-0.2, -0.15) is 0 Å². The van der Waals surface area contributed by atoms with Gasteiger partial charge in [0.05, 0.1) is 19.8 Å². The van der Waals surface area contributed by atoms with E-state index in [2.05, 4.69) is 148 Å². The van der Waals surface area contributed by atoms with Gasteiger partial charge in [-0.25, -0.2) is 0 Å². The number of allylic oxidation sites excluding steroid dienone is 22. The third-order valence-electron chi connectivity index (χ3n) is 11.6. The van der Waals surface area contributed by atoms with Crippen molar-refractivity contribution in [2.24, 2.45) is 0 Å². The summed E-state index contributed by atoms with van der Waals surface area (Å²) in [5.41, 5.74) is 0. The molecule has 1 saturated heterocycles. The van der Waals surface area contributed by atoms with Crippen molar-refractivity contribution in [1.82, 2.24) is 0 Å². The van der Waals surface area contributed by atoms with E-state index in [0.29, 0.717) is 13.0 Å². The summed E-state index contributed by atoms with van der Waals surface area (Å²) in [7, 11) is 0. The Kier molecular flexibility index (Phi) is 46.2. The second kappa shape index (κ2) is 50.3. The third-order valence-corrected chi connectivity index (χ3v) is 11.6. The van der Waals surface area contributed by atoms with E-state index < -0.39 is 43.4 Å². The maximum Gasteiger partial charge on any atom is 0.306 e. The van der Waals surface area contributed by atoms with Crippen LogP contribution >= 0.6 is 0 Å². The molecule has 9 nitrogen and oxygen atoms in total. The Hall–Kier alpha value is -3.67. The summed E-state index contributed by atoms with van der Waals surface area (Å²) < 4.78 is 22.9. The molecule has 70 heavy (non-hydrogen) atoms. The molecular formula is C61H98O9. The van der Waals surface area contributed by atoms with E-state index in [1.54, 1.807) is 0 Å². The molecule has 0 saturated carbocycles. The predicted molar refractivity (Wildman–Crippen MR) is 292 cm³/mol. The number of ether oxygens (including phenoxy) is 4. The number of unbranched alkanes of at least 4 members (excludes halogenated alkanes) is 12. The highest BCUT2D eigenvalue weighted by atomic mass is 16.7. The highest BCUT2D eigenvalue weighted by Gasteiger charge is 2.44. The quantitative estimate of drug-likeness (QED) is 0.0267. The summed E-state index contributed by atoms with van der Waals surface area (Å²) >= 11 is 0. The number of aliphatic hydroxyl groups excluding tert-OH is 4. The van der Waals surface area contributed by atoms with E-state index in [1.165, 1.54) is 57.8 Å². The third kappa shape index (κ3) is 40.0. The molecule has 1 aliphatic heterocycles.